The Hall–Kier alpha value is -1.32. The Balaban J connectivity index is 1.39. The van der Waals surface area contributed by atoms with Crippen LogP contribution < -0.4 is 0 Å². The molecule has 1 saturated heterocycles. The van der Waals surface area contributed by atoms with Gasteiger partial charge in [-0.3, -0.25) is 4.79 Å². The summed E-state index contributed by atoms with van der Waals surface area (Å²) in [6, 6.07) is 0. The number of carbonyl (C=O) groups is 1. The molecule has 120 valence electrons. The van der Waals surface area contributed by atoms with Crippen LogP contribution in [0.5, 0.6) is 0 Å². The van der Waals surface area contributed by atoms with Crippen LogP contribution in [0.3, 0.4) is 0 Å². The number of aryl methyl sites for hydroxylation is 1. The fraction of sp³-hybridized carbons (Fsp3) is 0.778. The Bertz CT molecular complexity index is 555. The van der Waals surface area contributed by atoms with E-state index < -0.39 is 0 Å². The minimum Gasteiger partial charge on any atom is -0.342 e. The first-order valence-corrected chi connectivity index (χ1v) is 9.03. The molecule has 1 aliphatic heterocycles. The van der Waals surface area contributed by atoms with Crippen LogP contribution in [0.25, 0.3) is 0 Å². The molecule has 22 heavy (non-hydrogen) atoms. The van der Waals surface area contributed by atoms with Gasteiger partial charge in [-0.05, 0) is 44.9 Å². The van der Waals surface area contributed by atoms with Gasteiger partial charge in [0, 0.05) is 43.4 Å². The first-order valence-electron chi connectivity index (χ1n) is 9.03. The van der Waals surface area contributed by atoms with Crippen molar-refractivity contribution in [2.75, 3.05) is 13.1 Å². The number of rotatable bonds is 4. The van der Waals surface area contributed by atoms with Gasteiger partial charge in [0.05, 0.1) is 0 Å². The summed E-state index contributed by atoms with van der Waals surface area (Å²) in [5.41, 5.74) is 1.28. The average molecular weight is 301 g/mol. The van der Waals surface area contributed by atoms with Gasteiger partial charge in [0.2, 0.25) is 5.91 Å². The number of hydrogen-bond acceptors (Lipinski definition) is 2. The van der Waals surface area contributed by atoms with Crippen molar-refractivity contribution in [2.45, 2.75) is 64.3 Å². The van der Waals surface area contributed by atoms with Crippen molar-refractivity contribution in [1.82, 2.24) is 14.5 Å². The third-order valence-electron chi connectivity index (χ3n) is 5.77. The Morgan fingerprint density at radius 2 is 2.00 bits per heavy atom. The Kier molecular flexibility index (Phi) is 3.71. The number of hydrogen-bond donors (Lipinski definition) is 0. The van der Waals surface area contributed by atoms with E-state index in [0.29, 0.717) is 23.7 Å². The molecule has 4 heteroatoms. The van der Waals surface area contributed by atoms with Crippen molar-refractivity contribution >= 4 is 5.91 Å². The highest BCUT2D eigenvalue weighted by molar-refractivity contribution is 5.79. The summed E-state index contributed by atoms with van der Waals surface area (Å²) in [6.07, 6.45) is 10.5. The third-order valence-corrected chi connectivity index (χ3v) is 5.77. The van der Waals surface area contributed by atoms with Gasteiger partial charge in [-0.1, -0.05) is 12.8 Å². The van der Waals surface area contributed by atoms with Crippen LogP contribution >= 0.6 is 0 Å². The predicted molar refractivity (Wildman–Crippen MR) is 85.6 cm³/mol. The van der Waals surface area contributed by atoms with E-state index in [9.17, 15) is 4.79 Å². The normalized spacial score (nSPS) is 26.0. The Labute approximate surface area is 132 Å². The summed E-state index contributed by atoms with van der Waals surface area (Å²) in [5.74, 6) is 3.36. The van der Waals surface area contributed by atoms with Crippen LogP contribution in [0.1, 0.15) is 62.4 Å². The molecule has 1 aromatic heterocycles. The highest BCUT2D eigenvalue weighted by atomic mass is 16.2. The van der Waals surface area contributed by atoms with Crippen molar-refractivity contribution in [1.29, 1.82) is 0 Å². The largest absolute Gasteiger partial charge is 0.342 e. The number of nitrogens with zero attached hydrogens (tertiary/aromatic N) is 3. The second-order valence-corrected chi connectivity index (χ2v) is 7.56. The molecule has 0 radical (unpaired) electrons. The minimum absolute atomic E-state index is 0.329. The van der Waals surface area contributed by atoms with Gasteiger partial charge in [0.1, 0.15) is 5.82 Å². The molecule has 2 aliphatic carbocycles. The molecule has 3 aliphatic rings. The number of imidazole rings is 1. The maximum absolute atomic E-state index is 12.6. The SMILES string of the molecule is Cc1cnc(C2CC2)n1CC1CCN(C(=O)C2CCCC2)C1. The second kappa shape index (κ2) is 5.71. The number of aromatic nitrogens is 2. The summed E-state index contributed by atoms with van der Waals surface area (Å²) in [4.78, 5) is 19.3. The van der Waals surface area contributed by atoms with E-state index in [1.807, 2.05) is 6.20 Å². The molecule has 1 unspecified atom stereocenters. The molecule has 1 amide bonds. The summed E-state index contributed by atoms with van der Waals surface area (Å²) in [6.45, 7) is 5.13. The number of amides is 1. The molecule has 0 N–H and O–H groups in total. The van der Waals surface area contributed by atoms with Gasteiger partial charge >= 0.3 is 0 Å². The molecular formula is C18H27N3O. The molecule has 0 aromatic carbocycles. The molecule has 2 heterocycles. The molecule has 0 bridgehead atoms. The smallest absolute Gasteiger partial charge is 0.225 e. The topological polar surface area (TPSA) is 38.1 Å². The summed E-state index contributed by atoms with van der Waals surface area (Å²) in [5, 5.41) is 0. The zero-order chi connectivity index (χ0) is 15.1. The van der Waals surface area contributed by atoms with Crippen LogP contribution in [0.2, 0.25) is 0 Å². The molecule has 1 aromatic rings. The highest BCUT2D eigenvalue weighted by Crippen LogP contribution is 2.40. The van der Waals surface area contributed by atoms with Crippen molar-refractivity contribution in [2.24, 2.45) is 11.8 Å². The third kappa shape index (κ3) is 2.68. The minimum atomic E-state index is 0.329. The first kappa shape index (κ1) is 14.3. The van der Waals surface area contributed by atoms with E-state index >= 15 is 0 Å². The molecule has 0 spiro atoms. The first-order chi connectivity index (χ1) is 10.7. The van der Waals surface area contributed by atoms with Crippen molar-refractivity contribution < 1.29 is 4.79 Å². The van der Waals surface area contributed by atoms with Crippen molar-refractivity contribution in [3.8, 4) is 0 Å². The van der Waals surface area contributed by atoms with Crippen LogP contribution in [0.15, 0.2) is 6.20 Å². The maximum Gasteiger partial charge on any atom is 0.225 e. The van der Waals surface area contributed by atoms with Crippen LogP contribution in [-0.2, 0) is 11.3 Å². The summed E-state index contributed by atoms with van der Waals surface area (Å²) < 4.78 is 2.42. The van der Waals surface area contributed by atoms with Crippen molar-refractivity contribution in [3.63, 3.8) is 0 Å². The van der Waals surface area contributed by atoms with Gasteiger partial charge < -0.3 is 9.47 Å². The molecule has 2 saturated carbocycles. The molecule has 4 rings (SSSR count). The molecule has 4 nitrogen and oxygen atoms in total. The monoisotopic (exact) mass is 301 g/mol. The number of likely N-dealkylation sites (tertiary alicyclic amines) is 1. The number of carbonyl (C=O) groups excluding carboxylic acids is 1. The standard InChI is InChI=1S/C18H27N3O/c1-13-10-19-17(15-6-7-15)21(13)12-14-8-9-20(11-14)18(22)16-4-2-3-5-16/h10,14-16H,2-9,11-12H2,1H3. The average Bonchev–Trinajstić information content (AvgIpc) is 2.95. The van der Waals surface area contributed by atoms with Gasteiger partial charge in [-0.25, -0.2) is 4.98 Å². The van der Waals surface area contributed by atoms with E-state index in [1.54, 1.807) is 0 Å². The quantitative estimate of drug-likeness (QED) is 0.857. The zero-order valence-corrected chi connectivity index (χ0v) is 13.6. The highest BCUT2D eigenvalue weighted by Gasteiger charge is 2.34. The van der Waals surface area contributed by atoms with E-state index in [1.165, 1.54) is 37.2 Å². The second-order valence-electron chi connectivity index (χ2n) is 7.56. The summed E-state index contributed by atoms with van der Waals surface area (Å²) >= 11 is 0. The van der Waals surface area contributed by atoms with Crippen LogP contribution in [-0.4, -0.2) is 33.4 Å². The van der Waals surface area contributed by atoms with Crippen LogP contribution in [0.4, 0.5) is 0 Å². The predicted octanol–water partition coefficient (Wildman–Crippen LogP) is 3.11. The lowest BCUT2D eigenvalue weighted by molar-refractivity contribution is -0.134. The van der Waals surface area contributed by atoms with E-state index in [4.69, 9.17) is 0 Å². The lowest BCUT2D eigenvalue weighted by Gasteiger charge is -2.21. The molecular weight excluding hydrogens is 274 g/mol. The van der Waals surface area contributed by atoms with Gasteiger partial charge in [-0.2, -0.15) is 0 Å². The maximum atomic E-state index is 12.6. The fourth-order valence-electron chi connectivity index (χ4n) is 4.26. The van der Waals surface area contributed by atoms with Gasteiger partial charge in [0.25, 0.3) is 0 Å². The lowest BCUT2D eigenvalue weighted by atomic mass is 10.1. The molecule has 3 fully saturated rings. The summed E-state index contributed by atoms with van der Waals surface area (Å²) in [7, 11) is 0. The van der Waals surface area contributed by atoms with Gasteiger partial charge in [0.15, 0.2) is 0 Å². The van der Waals surface area contributed by atoms with Crippen LogP contribution in [0, 0.1) is 18.8 Å². The zero-order valence-electron chi connectivity index (χ0n) is 13.6. The van der Waals surface area contributed by atoms with E-state index in [-0.39, 0.29) is 0 Å². The molecule has 1 atom stereocenters. The van der Waals surface area contributed by atoms with Crippen molar-refractivity contribution in [3.05, 3.63) is 17.7 Å². The Morgan fingerprint density at radius 3 is 2.73 bits per heavy atom. The van der Waals surface area contributed by atoms with E-state index in [0.717, 1.165) is 38.9 Å². The lowest BCUT2D eigenvalue weighted by Crippen LogP contribution is -2.33. The Morgan fingerprint density at radius 1 is 1.23 bits per heavy atom. The van der Waals surface area contributed by atoms with Gasteiger partial charge in [-0.15, -0.1) is 0 Å². The fourth-order valence-corrected chi connectivity index (χ4v) is 4.26. The van der Waals surface area contributed by atoms with E-state index in [2.05, 4.69) is 21.4 Å².